The standard InChI is InChI=1S/C30H25N3O5/c1-18-13-19(15-20-7-6-12-37-20)29-22(14-18)28(21-8-2-3-9-23(21)32-29)30(36)38-17-27(35)33-16-26(34)31-24-10-4-5-11-25(24)33/h2-12,15,18H,13-14,16-17H2,1H3,(H,31,34)/b19-15-/t18-/m0/s1. The summed E-state index contributed by atoms with van der Waals surface area (Å²) in [5.74, 6) is -0.379. The van der Waals surface area contributed by atoms with Crippen LogP contribution in [0.1, 0.15) is 40.7 Å². The fourth-order valence-electron chi connectivity index (χ4n) is 5.25. The number of esters is 1. The van der Waals surface area contributed by atoms with Crippen molar-refractivity contribution in [3.63, 3.8) is 0 Å². The Bertz CT molecular complexity index is 1610. The van der Waals surface area contributed by atoms with Crippen molar-refractivity contribution in [2.75, 3.05) is 23.4 Å². The third-order valence-corrected chi connectivity index (χ3v) is 6.88. The molecule has 1 aliphatic carbocycles. The highest BCUT2D eigenvalue weighted by Crippen LogP contribution is 2.39. The van der Waals surface area contributed by atoms with Crippen LogP contribution in [0.15, 0.2) is 71.3 Å². The maximum atomic E-state index is 13.6. The third kappa shape index (κ3) is 4.34. The first kappa shape index (κ1) is 23.7. The van der Waals surface area contributed by atoms with Gasteiger partial charge in [0.05, 0.1) is 34.4 Å². The minimum absolute atomic E-state index is 0.139. The molecule has 0 saturated carbocycles. The molecule has 2 amide bonds. The van der Waals surface area contributed by atoms with E-state index in [-0.39, 0.29) is 18.4 Å². The lowest BCUT2D eigenvalue weighted by atomic mass is 9.81. The number of aromatic nitrogens is 1. The van der Waals surface area contributed by atoms with Gasteiger partial charge in [-0.1, -0.05) is 37.3 Å². The van der Waals surface area contributed by atoms with Gasteiger partial charge in [0.1, 0.15) is 12.3 Å². The molecule has 0 saturated heterocycles. The molecule has 0 fully saturated rings. The Labute approximate surface area is 218 Å². The van der Waals surface area contributed by atoms with E-state index in [2.05, 4.69) is 12.2 Å². The number of para-hydroxylation sites is 3. The van der Waals surface area contributed by atoms with Crippen LogP contribution in [-0.4, -0.2) is 35.9 Å². The van der Waals surface area contributed by atoms with Crippen molar-refractivity contribution in [3.8, 4) is 0 Å². The molecule has 0 spiro atoms. The van der Waals surface area contributed by atoms with E-state index in [0.29, 0.717) is 34.3 Å². The average Bonchev–Trinajstić information content (AvgIpc) is 3.43. The number of allylic oxidation sites excluding steroid dienone is 1. The summed E-state index contributed by atoms with van der Waals surface area (Å²) < 4.78 is 11.2. The van der Waals surface area contributed by atoms with Crippen molar-refractivity contribution in [2.24, 2.45) is 5.92 Å². The van der Waals surface area contributed by atoms with Crippen LogP contribution >= 0.6 is 0 Å². The van der Waals surface area contributed by atoms with Crippen LogP contribution < -0.4 is 10.2 Å². The van der Waals surface area contributed by atoms with Crippen molar-refractivity contribution < 1.29 is 23.5 Å². The number of hydrogen-bond acceptors (Lipinski definition) is 6. The van der Waals surface area contributed by atoms with E-state index in [4.69, 9.17) is 14.1 Å². The lowest BCUT2D eigenvalue weighted by Crippen LogP contribution is -2.44. The summed E-state index contributed by atoms with van der Waals surface area (Å²) in [4.78, 5) is 45.1. The number of rotatable bonds is 4. The van der Waals surface area contributed by atoms with Crippen LogP contribution in [0.3, 0.4) is 0 Å². The summed E-state index contributed by atoms with van der Waals surface area (Å²) in [7, 11) is 0. The number of hydrogen-bond donors (Lipinski definition) is 1. The van der Waals surface area contributed by atoms with E-state index >= 15 is 0 Å². The van der Waals surface area contributed by atoms with Gasteiger partial charge in [-0.05, 0) is 66.3 Å². The zero-order chi connectivity index (χ0) is 26.2. The first-order chi connectivity index (χ1) is 18.5. The summed E-state index contributed by atoms with van der Waals surface area (Å²) in [6.45, 7) is 1.50. The number of anilines is 2. The Hall–Kier alpha value is -4.72. The Morgan fingerprint density at radius 3 is 2.76 bits per heavy atom. The summed E-state index contributed by atoms with van der Waals surface area (Å²) in [6.07, 6.45) is 5.04. The molecule has 1 aliphatic heterocycles. The number of carbonyl (C=O) groups is 3. The topological polar surface area (TPSA) is 102 Å². The first-order valence-electron chi connectivity index (χ1n) is 12.5. The van der Waals surface area contributed by atoms with Crippen LogP contribution in [0, 0.1) is 5.92 Å². The quantitative estimate of drug-likeness (QED) is 0.386. The SMILES string of the molecule is C[C@H]1C/C(=C/c2ccco2)c2nc3ccccc3c(C(=O)OCC(=O)N3CC(=O)Nc4ccccc43)c2C1. The number of amides is 2. The second-order valence-corrected chi connectivity index (χ2v) is 9.65. The van der Waals surface area contributed by atoms with Gasteiger partial charge < -0.3 is 14.5 Å². The summed E-state index contributed by atoms with van der Waals surface area (Å²) >= 11 is 0. The molecule has 6 rings (SSSR count). The van der Waals surface area contributed by atoms with Crippen molar-refractivity contribution in [3.05, 3.63) is 89.5 Å². The van der Waals surface area contributed by atoms with Crippen molar-refractivity contribution in [1.29, 1.82) is 0 Å². The highest BCUT2D eigenvalue weighted by atomic mass is 16.5. The van der Waals surface area contributed by atoms with E-state index in [9.17, 15) is 14.4 Å². The molecule has 3 heterocycles. The summed E-state index contributed by atoms with van der Waals surface area (Å²) in [6, 6.07) is 18.2. The van der Waals surface area contributed by atoms with Crippen molar-refractivity contribution in [1.82, 2.24) is 4.98 Å². The number of carbonyl (C=O) groups excluding carboxylic acids is 3. The molecular weight excluding hydrogens is 482 g/mol. The predicted molar refractivity (Wildman–Crippen MR) is 144 cm³/mol. The van der Waals surface area contributed by atoms with Gasteiger partial charge in [0.25, 0.3) is 5.91 Å². The number of fused-ring (bicyclic) bond motifs is 3. The zero-order valence-electron chi connectivity index (χ0n) is 20.8. The Morgan fingerprint density at radius 2 is 1.92 bits per heavy atom. The fraction of sp³-hybridized carbons (Fsp3) is 0.200. The molecule has 2 aromatic heterocycles. The zero-order valence-corrected chi connectivity index (χ0v) is 20.8. The van der Waals surface area contributed by atoms with Crippen LogP contribution in [0.5, 0.6) is 0 Å². The molecule has 4 aromatic rings. The van der Waals surface area contributed by atoms with Gasteiger partial charge in [-0.15, -0.1) is 0 Å². The minimum Gasteiger partial charge on any atom is -0.465 e. The lowest BCUT2D eigenvalue weighted by Gasteiger charge is -2.29. The highest BCUT2D eigenvalue weighted by molar-refractivity contribution is 6.11. The largest absolute Gasteiger partial charge is 0.465 e. The van der Waals surface area contributed by atoms with E-state index in [1.807, 2.05) is 42.5 Å². The fourth-order valence-corrected chi connectivity index (χ4v) is 5.25. The molecular formula is C30H25N3O5. The molecule has 0 radical (unpaired) electrons. The van der Waals surface area contributed by atoms with Gasteiger partial charge in [0, 0.05) is 5.39 Å². The van der Waals surface area contributed by atoms with Crippen LogP contribution in [0.4, 0.5) is 11.4 Å². The van der Waals surface area contributed by atoms with Crippen molar-refractivity contribution in [2.45, 2.75) is 19.8 Å². The molecule has 8 nitrogen and oxygen atoms in total. The smallest absolute Gasteiger partial charge is 0.339 e. The van der Waals surface area contributed by atoms with Gasteiger partial charge in [-0.25, -0.2) is 9.78 Å². The molecule has 2 aliphatic rings. The number of nitrogens with zero attached hydrogens (tertiary/aromatic N) is 2. The number of pyridine rings is 1. The highest BCUT2D eigenvalue weighted by Gasteiger charge is 2.31. The van der Waals surface area contributed by atoms with Crippen molar-refractivity contribution >= 4 is 51.7 Å². The van der Waals surface area contributed by atoms with Gasteiger partial charge in [-0.2, -0.15) is 0 Å². The Kier molecular flexibility index (Phi) is 5.99. The second-order valence-electron chi connectivity index (χ2n) is 9.65. The predicted octanol–water partition coefficient (Wildman–Crippen LogP) is 5.09. The van der Waals surface area contributed by atoms with Crippen LogP contribution in [0.25, 0.3) is 22.6 Å². The average molecular weight is 508 g/mol. The molecule has 38 heavy (non-hydrogen) atoms. The van der Waals surface area contributed by atoms with E-state index < -0.39 is 18.5 Å². The first-order valence-corrected chi connectivity index (χ1v) is 12.5. The third-order valence-electron chi connectivity index (χ3n) is 6.88. The second kappa shape index (κ2) is 9.63. The number of benzene rings is 2. The minimum atomic E-state index is -0.589. The Morgan fingerprint density at radius 1 is 1.11 bits per heavy atom. The van der Waals surface area contributed by atoms with Crippen LogP contribution in [0.2, 0.25) is 0 Å². The van der Waals surface area contributed by atoms with E-state index in [1.165, 1.54) is 4.90 Å². The number of ether oxygens (including phenoxy) is 1. The number of nitrogens with one attached hydrogen (secondary N) is 1. The summed E-state index contributed by atoms with van der Waals surface area (Å²) in [5.41, 5.74) is 4.75. The Balaban J connectivity index is 1.34. The number of furan rings is 1. The van der Waals surface area contributed by atoms with Gasteiger partial charge in [0.15, 0.2) is 6.61 Å². The van der Waals surface area contributed by atoms with E-state index in [1.54, 1.807) is 30.5 Å². The van der Waals surface area contributed by atoms with Crippen LogP contribution in [-0.2, 0) is 20.7 Å². The van der Waals surface area contributed by atoms with E-state index in [0.717, 1.165) is 29.0 Å². The monoisotopic (exact) mass is 507 g/mol. The van der Waals surface area contributed by atoms with Gasteiger partial charge in [-0.3, -0.25) is 14.5 Å². The molecule has 1 atom stereocenters. The van der Waals surface area contributed by atoms with Gasteiger partial charge >= 0.3 is 5.97 Å². The maximum Gasteiger partial charge on any atom is 0.339 e. The molecule has 1 N–H and O–H groups in total. The maximum absolute atomic E-state index is 13.6. The molecule has 2 aromatic carbocycles. The van der Waals surface area contributed by atoms with Gasteiger partial charge in [0.2, 0.25) is 5.91 Å². The normalized spacial score (nSPS) is 17.6. The molecule has 0 unspecified atom stereocenters. The molecule has 190 valence electrons. The lowest BCUT2D eigenvalue weighted by molar-refractivity contribution is -0.124. The molecule has 0 bridgehead atoms. The summed E-state index contributed by atoms with van der Waals surface area (Å²) in [5, 5.41) is 3.43. The molecule has 8 heteroatoms.